The van der Waals surface area contributed by atoms with Crippen molar-refractivity contribution in [3.8, 4) is 0 Å². The molecule has 0 saturated carbocycles. The molecule has 0 amide bonds. The molecule has 0 heterocycles. The van der Waals surface area contributed by atoms with Crippen molar-refractivity contribution < 1.29 is 19.2 Å². The SMILES string of the molecule is O[SiH](O)CC(c1ccccc1)c1ccccc1.O[SiH](O)CCC(c1ccccc1)c1ccccc1. The first kappa shape index (κ1) is 26.8. The lowest BCUT2D eigenvalue weighted by Gasteiger charge is -2.18. The fraction of sp³-hybridized carbons (Fsp3) is 0.172. The Balaban J connectivity index is 0.000000196. The van der Waals surface area contributed by atoms with Gasteiger partial charge in [0.2, 0.25) is 0 Å². The van der Waals surface area contributed by atoms with Crippen LogP contribution >= 0.6 is 0 Å². The van der Waals surface area contributed by atoms with E-state index in [2.05, 4.69) is 24.3 Å². The predicted octanol–water partition coefficient (Wildman–Crippen LogP) is 4.44. The topological polar surface area (TPSA) is 80.9 Å². The third-order valence-corrected chi connectivity index (χ3v) is 7.71. The van der Waals surface area contributed by atoms with Gasteiger partial charge in [0.25, 0.3) is 0 Å². The van der Waals surface area contributed by atoms with Crippen LogP contribution in [0.5, 0.6) is 0 Å². The smallest absolute Gasteiger partial charge is 0.316 e. The summed E-state index contributed by atoms with van der Waals surface area (Å²) in [6.45, 7) is 0. The Morgan fingerprint density at radius 2 is 0.743 bits per heavy atom. The summed E-state index contributed by atoms with van der Waals surface area (Å²) in [5.41, 5.74) is 4.75. The summed E-state index contributed by atoms with van der Waals surface area (Å²) < 4.78 is 0. The van der Waals surface area contributed by atoms with Gasteiger partial charge >= 0.3 is 18.6 Å². The Bertz CT molecular complexity index is 1000. The summed E-state index contributed by atoms with van der Waals surface area (Å²) in [5, 5.41) is 0. The van der Waals surface area contributed by atoms with Crippen molar-refractivity contribution in [2.45, 2.75) is 30.3 Å². The predicted molar refractivity (Wildman–Crippen MR) is 147 cm³/mol. The lowest BCUT2D eigenvalue weighted by molar-refractivity contribution is 0.400. The van der Waals surface area contributed by atoms with Gasteiger partial charge in [0.15, 0.2) is 0 Å². The van der Waals surface area contributed by atoms with E-state index < -0.39 is 18.6 Å². The second-order valence-electron chi connectivity index (χ2n) is 8.52. The van der Waals surface area contributed by atoms with Crippen LogP contribution in [0.25, 0.3) is 0 Å². The van der Waals surface area contributed by atoms with E-state index >= 15 is 0 Å². The van der Waals surface area contributed by atoms with Gasteiger partial charge < -0.3 is 19.2 Å². The standard InChI is InChI=1S/C15H18O2Si.C14H16O2Si/c16-18(17)12-11-15(13-7-3-1-4-8-13)14-9-5-2-6-10-14;15-17(16)11-14(12-7-3-1-4-8-12)13-9-5-2-6-10-13/h1-10,15-18H,11-12H2;1-10,14-17H,11H2. The average Bonchev–Trinajstić information content (AvgIpc) is 2.90. The van der Waals surface area contributed by atoms with E-state index in [1.807, 2.05) is 97.1 Å². The summed E-state index contributed by atoms with van der Waals surface area (Å²) >= 11 is 0. The first-order valence-electron chi connectivity index (χ1n) is 12.0. The molecule has 4 aromatic carbocycles. The highest BCUT2D eigenvalue weighted by molar-refractivity contribution is 6.41. The molecule has 6 heteroatoms. The molecule has 0 fully saturated rings. The van der Waals surface area contributed by atoms with Gasteiger partial charge in [0, 0.05) is 11.8 Å². The molecule has 0 aliphatic heterocycles. The first-order valence-corrected chi connectivity index (χ1v) is 15.7. The number of hydrogen-bond acceptors (Lipinski definition) is 4. The Morgan fingerprint density at radius 1 is 0.429 bits per heavy atom. The van der Waals surface area contributed by atoms with E-state index in [1.165, 1.54) is 11.1 Å². The van der Waals surface area contributed by atoms with Crippen molar-refractivity contribution in [3.63, 3.8) is 0 Å². The van der Waals surface area contributed by atoms with E-state index in [0.717, 1.165) is 17.5 Å². The molecule has 0 aliphatic rings. The lowest BCUT2D eigenvalue weighted by Crippen LogP contribution is -2.16. The quantitative estimate of drug-likeness (QED) is 0.255. The van der Waals surface area contributed by atoms with Crippen LogP contribution in [0.1, 0.15) is 40.5 Å². The van der Waals surface area contributed by atoms with Gasteiger partial charge in [-0.2, -0.15) is 0 Å². The molecule has 0 aliphatic carbocycles. The Morgan fingerprint density at radius 3 is 1.03 bits per heavy atom. The molecule has 0 bridgehead atoms. The highest BCUT2D eigenvalue weighted by atomic mass is 28.3. The van der Waals surface area contributed by atoms with Gasteiger partial charge in [0.05, 0.1) is 0 Å². The van der Waals surface area contributed by atoms with Crippen molar-refractivity contribution in [3.05, 3.63) is 144 Å². The Labute approximate surface area is 211 Å². The van der Waals surface area contributed by atoms with Crippen LogP contribution in [0.15, 0.2) is 121 Å². The largest absolute Gasteiger partial charge is 0.413 e. The zero-order valence-corrected chi connectivity index (χ0v) is 22.1. The Kier molecular flexibility index (Phi) is 11.1. The number of hydrogen-bond donors (Lipinski definition) is 4. The highest BCUT2D eigenvalue weighted by Gasteiger charge is 2.18. The van der Waals surface area contributed by atoms with Gasteiger partial charge in [-0.1, -0.05) is 121 Å². The molecule has 0 aromatic heterocycles. The summed E-state index contributed by atoms with van der Waals surface area (Å²) in [5.74, 6) is 0.339. The molecule has 0 saturated heterocycles. The molecule has 4 aromatic rings. The fourth-order valence-corrected chi connectivity index (χ4v) is 5.86. The zero-order valence-electron chi connectivity index (χ0n) is 19.8. The molecule has 0 radical (unpaired) electrons. The second-order valence-corrected chi connectivity index (χ2v) is 11.5. The molecule has 35 heavy (non-hydrogen) atoms. The normalized spacial score (nSPS) is 11.1. The maximum Gasteiger partial charge on any atom is 0.316 e. The molecule has 4 rings (SSSR count). The van der Waals surface area contributed by atoms with Crippen LogP contribution < -0.4 is 0 Å². The molecule has 0 unspecified atom stereocenters. The minimum atomic E-state index is -2.57. The maximum atomic E-state index is 9.34. The minimum absolute atomic E-state index is 0.0871. The van der Waals surface area contributed by atoms with Crippen molar-refractivity contribution in [2.75, 3.05) is 0 Å². The monoisotopic (exact) mass is 502 g/mol. The fourth-order valence-electron chi connectivity index (χ4n) is 4.26. The van der Waals surface area contributed by atoms with Crippen LogP contribution in [-0.2, 0) is 0 Å². The summed E-state index contributed by atoms with van der Waals surface area (Å²) in [7, 11) is -5.04. The third kappa shape index (κ3) is 9.03. The van der Waals surface area contributed by atoms with E-state index in [9.17, 15) is 19.2 Å². The highest BCUT2D eigenvalue weighted by Crippen LogP contribution is 2.30. The summed E-state index contributed by atoms with van der Waals surface area (Å²) in [4.78, 5) is 37.1. The van der Waals surface area contributed by atoms with Crippen molar-refractivity contribution in [2.24, 2.45) is 0 Å². The molecular formula is C29H34O4Si2. The average molecular weight is 503 g/mol. The molecule has 0 atom stereocenters. The van der Waals surface area contributed by atoms with Crippen LogP contribution in [0.2, 0.25) is 12.1 Å². The van der Waals surface area contributed by atoms with Gasteiger partial charge in [-0.05, 0) is 40.8 Å². The van der Waals surface area contributed by atoms with Gasteiger partial charge in [-0.3, -0.25) is 0 Å². The number of benzene rings is 4. The van der Waals surface area contributed by atoms with Crippen molar-refractivity contribution >= 4 is 18.6 Å². The zero-order chi connectivity index (χ0) is 24.9. The van der Waals surface area contributed by atoms with Crippen LogP contribution in [0, 0.1) is 0 Å². The summed E-state index contributed by atoms with van der Waals surface area (Å²) in [6.07, 6.45) is 0.790. The number of rotatable bonds is 9. The van der Waals surface area contributed by atoms with Crippen LogP contribution in [-0.4, -0.2) is 37.8 Å². The molecular weight excluding hydrogens is 468 g/mol. The van der Waals surface area contributed by atoms with E-state index in [1.54, 1.807) is 0 Å². The van der Waals surface area contributed by atoms with Crippen molar-refractivity contribution in [1.29, 1.82) is 0 Å². The van der Waals surface area contributed by atoms with Gasteiger partial charge in [-0.25, -0.2) is 0 Å². The van der Waals surface area contributed by atoms with Crippen LogP contribution in [0.4, 0.5) is 0 Å². The van der Waals surface area contributed by atoms with E-state index in [-0.39, 0.29) is 11.8 Å². The van der Waals surface area contributed by atoms with Crippen molar-refractivity contribution in [1.82, 2.24) is 0 Å². The van der Waals surface area contributed by atoms with Crippen LogP contribution in [0.3, 0.4) is 0 Å². The Hall–Kier alpha value is -2.85. The van der Waals surface area contributed by atoms with Gasteiger partial charge in [-0.15, -0.1) is 0 Å². The first-order chi connectivity index (χ1) is 17.0. The minimum Gasteiger partial charge on any atom is -0.413 e. The summed E-state index contributed by atoms with van der Waals surface area (Å²) in [6, 6.07) is 41.5. The molecule has 182 valence electrons. The molecule has 4 N–H and O–H groups in total. The molecule has 0 spiro atoms. The third-order valence-electron chi connectivity index (χ3n) is 5.97. The maximum absolute atomic E-state index is 9.34. The lowest BCUT2D eigenvalue weighted by atomic mass is 9.89. The van der Waals surface area contributed by atoms with E-state index in [0.29, 0.717) is 12.1 Å². The van der Waals surface area contributed by atoms with E-state index in [4.69, 9.17) is 0 Å². The molecule has 4 nitrogen and oxygen atoms in total. The second kappa shape index (κ2) is 14.5. The van der Waals surface area contributed by atoms with Gasteiger partial charge in [0.1, 0.15) is 0 Å².